The number of esters is 1. The van der Waals surface area contributed by atoms with Crippen LogP contribution in [0.25, 0.3) is 21.9 Å². The average Bonchev–Trinajstić information content (AvgIpc) is 3.40. The van der Waals surface area contributed by atoms with Gasteiger partial charge in [0.05, 0.1) is 29.3 Å². The molecule has 0 aliphatic heterocycles. The van der Waals surface area contributed by atoms with Gasteiger partial charge in [0, 0.05) is 17.0 Å². The fourth-order valence-electron chi connectivity index (χ4n) is 5.10. The Hall–Kier alpha value is -3.21. The largest absolute Gasteiger partial charge is 0.462 e. The number of nitrogen functional groups attached to an aromatic ring is 1. The lowest BCUT2D eigenvalue weighted by Gasteiger charge is -2.35. The van der Waals surface area contributed by atoms with Crippen LogP contribution < -0.4 is 15.3 Å². The van der Waals surface area contributed by atoms with Crippen LogP contribution >= 0.6 is 19.3 Å². The summed E-state index contributed by atoms with van der Waals surface area (Å²) in [7, 11) is -4.19. The summed E-state index contributed by atoms with van der Waals surface area (Å²) in [5.41, 5.74) is 7.69. The van der Waals surface area contributed by atoms with Crippen LogP contribution in [0, 0.1) is 0 Å². The van der Waals surface area contributed by atoms with Gasteiger partial charge < -0.3 is 24.3 Å². The predicted octanol–water partition coefficient (Wildman–Crippen LogP) is 7.40. The van der Waals surface area contributed by atoms with Crippen LogP contribution in [-0.2, 0) is 35.5 Å². The van der Waals surface area contributed by atoms with Crippen molar-refractivity contribution in [3.05, 3.63) is 59.4 Å². The number of fused-ring (bicyclic) bond motifs is 3. The molecule has 2 heterocycles. The zero-order valence-electron chi connectivity index (χ0n) is 26.7. The number of carbonyl (C=O) groups excluding carboxylic acids is 1. The third kappa shape index (κ3) is 8.34. The minimum absolute atomic E-state index is 0.0715. The summed E-state index contributed by atoms with van der Waals surface area (Å²) >= 11 is 6.07. The smallest absolute Gasteiger partial charge is 0.459 e. The quantitative estimate of drug-likeness (QED) is 0.0924. The highest BCUT2D eigenvalue weighted by atomic mass is 35.5. The van der Waals surface area contributed by atoms with Crippen LogP contribution in [-0.4, -0.2) is 45.9 Å². The van der Waals surface area contributed by atoms with Gasteiger partial charge in [-0.1, -0.05) is 49.6 Å². The number of rotatable bonds is 16. The molecule has 0 unspecified atom stereocenters. The van der Waals surface area contributed by atoms with Gasteiger partial charge in [-0.25, -0.2) is 14.5 Å². The number of carbonyl (C=O) groups is 1. The van der Waals surface area contributed by atoms with Gasteiger partial charge >= 0.3 is 13.7 Å². The molecule has 0 aliphatic rings. The second-order valence-electron chi connectivity index (χ2n) is 11.5. The summed E-state index contributed by atoms with van der Waals surface area (Å²) in [4.78, 5) is 22.2. The van der Waals surface area contributed by atoms with Gasteiger partial charge in [-0.15, -0.1) is 0 Å². The molecule has 4 rings (SSSR count). The molecule has 13 heteroatoms. The van der Waals surface area contributed by atoms with Gasteiger partial charge in [0.15, 0.2) is 5.82 Å². The maximum Gasteiger partial charge on any atom is 0.459 e. The number of pyridine rings is 1. The molecule has 3 atom stereocenters. The van der Waals surface area contributed by atoms with E-state index < -0.39 is 25.3 Å². The number of nitrogens with two attached hydrogens (primary N) is 1. The maximum absolute atomic E-state index is 14.5. The van der Waals surface area contributed by atoms with E-state index in [9.17, 15) is 9.36 Å². The van der Waals surface area contributed by atoms with E-state index in [1.807, 2.05) is 38.1 Å². The van der Waals surface area contributed by atoms with E-state index in [0.29, 0.717) is 35.2 Å². The van der Waals surface area contributed by atoms with Crippen molar-refractivity contribution in [1.29, 1.82) is 0 Å². The highest BCUT2D eigenvalue weighted by Gasteiger charge is 2.39. The number of ether oxygens (including phenoxy) is 2. The van der Waals surface area contributed by atoms with Gasteiger partial charge in [0.25, 0.3) is 0 Å². The lowest BCUT2D eigenvalue weighted by Crippen LogP contribution is -2.40. The summed E-state index contributed by atoms with van der Waals surface area (Å²) in [5, 5.41) is 4.14. The number of nitrogens with one attached hydrogen (secondary N) is 1. The minimum atomic E-state index is -4.19. The Kier molecular flexibility index (Phi) is 11.5. The van der Waals surface area contributed by atoms with Crippen molar-refractivity contribution in [2.75, 3.05) is 18.9 Å². The number of benzene rings is 2. The summed E-state index contributed by atoms with van der Waals surface area (Å²) in [6.45, 7) is 11.7. The maximum atomic E-state index is 14.5. The third-order valence-electron chi connectivity index (χ3n) is 7.28. The molecule has 11 nitrogen and oxygen atoms in total. The Labute approximate surface area is 269 Å². The number of hydrogen-bond donors (Lipinski definition) is 2. The lowest BCUT2D eigenvalue weighted by molar-refractivity contribution is -0.149. The van der Waals surface area contributed by atoms with E-state index in [0.717, 1.165) is 29.3 Å². The van der Waals surface area contributed by atoms with E-state index in [4.69, 9.17) is 40.8 Å². The van der Waals surface area contributed by atoms with Crippen molar-refractivity contribution in [2.24, 2.45) is 0 Å². The number of nitrogens with zero attached hydrogens (tertiary/aromatic N) is 3. The molecule has 0 aliphatic carbocycles. The Bertz CT molecular complexity index is 1660. The molecule has 0 saturated heterocycles. The molecule has 2 aromatic carbocycles. The van der Waals surface area contributed by atoms with Gasteiger partial charge in [-0.05, 0) is 71.4 Å². The molecule has 45 heavy (non-hydrogen) atoms. The van der Waals surface area contributed by atoms with Gasteiger partial charge in [-0.3, -0.25) is 9.32 Å². The molecule has 0 bridgehead atoms. The topological polar surface area (TPSA) is 140 Å². The molecule has 0 saturated carbocycles. The number of halogens is 1. The van der Waals surface area contributed by atoms with E-state index in [1.54, 1.807) is 45.0 Å². The standard InChI is InChI=1S/C32H43ClN5O6P/c1-7-9-18-32(6,38-27(19-41-8-2)36-28-29(38)25-12-10-11-13-26(25)35-30(28)34)20-42-45(40,37-22(5)31(39)43-21(3)4)44-24-16-14-23(33)15-17-24/h10-17,21-22H,7-9,18-20H2,1-6H3,(H2,34,35)(H,37,40)/t22-,32+,45+/m0/s1. The average molecular weight is 660 g/mol. The normalized spacial score (nSPS) is 15.2. The molecule has 0 fully saturated rings. The number of aromatic nitrogens is 3. The van der Waals surface area contributed by atoms with Crippen molar-refractivity contribution in [3.8, 4) is 5.75 Å². The second-order valence-corrected chi connectivity index (χ2v) is 13.6. The van der Waals surface area contributed by atoms with E-state index in [-0.39, 0.29) is 25.1 Å². The van der Waals surface area contributed by atoms with Crippen LogP contribution in [0.2, 0.25) is 5.02 Å². The first kappa shape index (κ1) is 34.7. The first-order chi connectivity index (χ1) is 21.4. The molecule has 4 aromatic rings. The SMILES string of the molecule is CCCC[C@](C)(CO[P@](=O)(N[C@@H](C)C(=O)OC(C)C)Oc1ccc(Cl)cc1)n1c(COCC)nc2c(N)nc3ccccc3c21. The van der Waals surface area contributed by atoms with Gasteiger partial charge in [-0.2, -0.15) is 5.09 Å². The molecular weight excluding hydrogens is 617 g/mol. The fraction of sp³-hybridized carbons (Fsp3) is 0.469. The zero-order valence-corrected chi connectivity index (χ0v) is 28.4. The second kappa shape index (κ2) is 14.9. The molecule has 0 amide bonds. The van der Waals surface area contributed by atoms with Gasteiger partial charge in [0.2, 0.25) is 0 Å². The van der Waals surface area contributed by atoms with Crippen LogP contribution in [0.15, 0.2) is 48.5 Å². The Morgan fingerprint density at radius 3 is 2.49 bits per heavy atom. The molecule has 2 aromatic heterocycles. The highest BCUT2D eigenvalue weighted by molar-refractivity contribution is 7.52. The Morgan fingerprint density at radius 1 is 1.11 bits per heavy atom. The predicted molar refractivity (Wildman–Crippen MR) is 177 cm³/mol. The molecule has 0 spiro atoms. The monoisotopic (exact) mass is 659 g/mol. The minimum Gasteiger partial charge on any atom is -0.462 e. The molecule has 0 radical (unpaired) electrons. The van der Waals surface area contributed by atoms with E-state index >= 15 is 0 Å². The number of unbranched alkanes of at least 4 members (excludes halogenated alkanes) is 1. The summed E-state index contributed by atoms with van der Waals surface area (Å²) in [5.74, 6) is 0.602. The van der Waals surface area contributed by atoms with Crippen LogP contribution in [0.1, 0.15) is 66.6 Å². The summed E-state index contributed by atoms with van der Waals surface area (Å²) in [6, 6.07) is 13.1. The number of para-hydroxylation sites is 1. The fourth-order valence-corrected chi connectivity index (χ4v) is 6.83. The number of hydrogen-bond acceptors (Lipinski definition) is 9. The summed E-state index contributed by atoms with van der Waals surface area (Å²) < 4.78 is 40.0. The van der Waals surface area contributed by atoms with Crippen molar-refractivity contribution in [3.63, 3.8) is 0 Å². The van der Waals surface area contributed by atoms with Crippen molar-refractivity contribution in [1.82, 2.24) is 19.6 Å². The molecule has 244 valence electrons. The van der Waals surface area contributed by atoms with Crippen molar-refractivity contribution < 1.29 is 27.9 Å². The highest BCUT2D eigenvalue weighted by Crippen LogP contribution is 2.47. The van der Waals surface area contributed by atoms with Crippen molar-refractivity contribution >= 4 is 53.1 Å². The molecule has 3 N–H and O–H groups in total. The first-order valence-corrected chi connectivity index (χ1v) is 17.1. The van der Waals surface area contributed by atoms with E-state index in [1.165, 1.54) is 0 Å². The van der Waals surface area contributed by atoms with Crippen LogP contribution in [0.5, 0.6) is 5.75 Å². The molecular formula is C32H43ClN5O6P. The number of anilines is 1. The summed E-state index contributed by atoms with van der Waals surface area (Å²) in [6.07, 6.45) is 2.02. The van der Waals surface area contributed by atoms with Gasteiger partial charge in [0.1, 0.15) is 29.7 Å². The third-order valence-corrected chi connectivity index (χ3v) is 9.15. The van der Waals surface area contributed by atoms with Crippen molar-refractivity contribution in [2.45, 2.75) is 85.1 Å². The Morgan fingerprint density at radius 2 is 1.82 bits per heavy atom. The first-order valence-electron chi connectivity index (χ1n) is 15.2. The zero-order chi connectivity index (χ0) is 32.8. The van der Waals surface area contributed by atoms with Crippen LogP contribution in [0.3, 0.4) is 0 Å². The van der Waals surface area contributed by atoms with Crippen LogP contribution in [0.4, 0.5) is 5.82 Å². The Balaban J connectivity index is 1.81. The number of imidazole rings is 1. The van der Waals surface area contributed by atoms with E-state index in [2.05, 4.69) is 21.6 Å². The lowest BCUT2D eigenvalue weighted by atomic mass is 9.94.